The van der Waals surface area contributed by atoms with E-state index < -0.39 is 0 Å². The van der Waals surface area contributed by atoms with Crippen LogP contribution in [0.5, 0.6) is 0 Å². The van der Waals surface area contributed by atoms with Gasteiger partial charge in [-0.05, 0) is 22.7 Å². The second kappa shape index (κ2) is 3.17. The topological polar surface area (TPSA) is 0 Å². The van der Waals surface area contributed by atoms with Gasteiger partial charge in [0.05, 0.1) is 0 Å². The molecule has 0 aliphatic heterocycles. The number of hydrogen-bond donors (Lipinski definition) is 0. The van der Waals surface area contributed by atoms with Gasteiger partial charge in [-0.25, -0.2) is 0 Å². The van der Waals surface area contributed by atoms with Crippen molar-refractivity contribution >= 4 is 23.2 Å². The van der Waals surface area contributed by atoms with Crippen LogP contribution >= 0.6 is 23.2 Å². The first kappa shape index (κ1) is 11.4. The first-order chi connectivity index (χ1) is 5.67. The van der Waals surface area contributed by atoms with Gasteiger partial charge < -0.3 is 0 Å². The summed E-state index contributed by atoms with van der Waals surface area (Å²) in [4.78, 5) is 0. The average Bonchev–Trinajstić information content (AvgIpc) is 2.29. The second-order valence-corrected chi connectivity index (χ2v) is 6.66. The van der Waals surface area contributed by atoms with E-state index in [1.807, 2.05) is 6.08 Å². The SMILES string of the molecule is CC(C)(C)[C@H]1[C@H](C=C(Cl)Cl)C1(C)C. The zero-order chi connectivity index (χ0) is 10.4. The quantitative estimate of drug-likeness (QED) is 0.605. The van der Waals surface area contributed by atoms with Gasteiger partial charge in [-0.1, -0.05) is 63.9 Å². The van der Waals surface area contributed by atoms with Crippen LogP contribution in [-0.4, -0.2) is 0 Å². The molecule has 2 atom stereocenters. The summed E-state index contributed by atoms with van der Waals surface area (Å²) in [6.07, 6.45) is 1.99. The van der Waals surface area contributed by atoms with E-state index in [4.69, 9.17) is 23.2 Å². The van der Waals surface area contributed by atoms with E-state index in [-0.39, 0.29) is 0 Å². The summed E-state index contributed by atoms with van der Waals surface area (Å²) < 4.78 is 0.407. The van der Waals surface area contributed by atoms with Crippen LogP contribution < -0.4 is 0 Å². The number of hydrogen-bond acceptors (Lipinski definition) is 0. The van der Waals surface area contributed by atoms with Gasteiger partial charge in [0.1, 0.15) is 4.49 Å². The molecule has 1 rings (SSSR count). The highest BCUT2D eigenvalue weighted by molar-refractivity contribution is 6.55. The zero-order valence-corrected chi connectivity index (χ0v) is 10.5. The maximum absolute atomic E-state index is 5.68. The molecule has 1 aliphatic carbocycles. The van der Waals surface area contributed by atoms with Gasteiger partial charge in [0, 0.05) is 0 Å². The smallest absolute Gasteiger partial charge is 0.0712 e. The molecule has 0 aromatic rings. The molecule has 0 radical (unpaired) electrons. The van der Waals surface area contributed by atoms with E-state index in [1.54, 1.807) is 0 Å². The fraction of sp³-hybridized carbons (Fsp3) is 0.818. The Morgan fingerprint density at radius 1 is 1.23 bits per heavy atom. The van der Waals surface area contributed by atoms with E-state index in [0.717, 1.165) is 0 Å². The van der Waals surface area contributed by atoms with Crippen molar-refractivity contribution in [3.8, 4) is 0 Å². The lowest BCUT2D eigenvalue weighted by atomic mass is 9.85. The lowest BCUT2D eigenvalue weighted by molar-refractivity contribution is 0.298. The van der Waals surface area contributed by atoms with E-state index in [9.17, 15) is 0 Å². The summed E-state index contributed by atoms with van der Waals surface area (Å²) >= 11 is 11.4. The summed E-state index contributed by atoms with van der Waals surface area (Å²) in [5.41, 5.74) is 0.696. The molecule has 2 heteroatoms. The van der Waals surface area contributed by atoms with Crippen LogP contribution in [0.25, 0.3) is 0 Å². The lowest BCUT2D eigenvalue weighted by Crippen LogP contribution is -2.12. The van der Waals surface area contributed by atoms with Crippen molar-refractivity contribution in [3.63, 3.8) is 0 Å². The molecule has 0 heterocycles. The van der Waals surface area contributed by atoms with Crippen molar-refractivity contribution < 1.29 is 0 Å². The van der Waals surface area contributed by atoms with Gasteiger partial charge in [0.25, 0.3) is 0 Å². The Hall–Kier alpha value is 0.320. The van der Waals surface area contributed by atoms with Crippen molar-refractivity contribution in [2.24, 2.45) is 22.7 Å². The zero-order valence-electron chi connectivity index (χ0n) is 8.99. The van der Waals surface area contributed by atoms with Gasteiger partial charge in [-0.3, -0.25) is 0 Å². The molecular weight excluding hydrogens is 203 g/mol. The molecule has 0 bridgehead atoms. The average molecular weight is 221 g/mol. The monoisotopic (exact) mass is 220 g/mol. The highest BCUT2D eigenvalue weighted by atomic mass is 35.5. The Morgan fingerprint density at radius 2 is 1.69 bits per heavy atom. The van der Waals surface area contributed by atoms with Crippen molar-refractivity contribution in [2.45, 2.75) is 34.6 Å². The molecule has 0 N–H and O–H groups in total. The van der Waals surface area contributed by atoms with Crippen molar-refractivity contribution in [1.29, 1.82) is 0 Å². The van der Waals surface area contributed by atoms with Crippen LogP contribution in [0.1, 0.15) is 34.6 Å². The van der Waals surface area contributed by atoms with Crippen molar-refractivity contribution in [1.82, 2.24) is 0 Å². The van der Waals surface area contributed by atoms with E-state index >= 15 is 0 Å². The van der Waals surface area contributed by atoms with Gasteiger partial charge in [-0.15, -0.1) is 0 Å². The third kappa shape index (κ3) is 2.22. The van der Waals surface area contributed by atoms with Crippen LogP contribution in [0.2, 0.25) is 0 Å². The Morgan fingerprint density at radius 3 is 1.92 bits per heavy atom. The molecule has 0 aromatic heterocycles. The summed E-state index contributed by atoms with van der Waals surface area (Å²) in [6, 6.07) is 0. The molecule has 0 spiro atoms. The minimum Gasteiger partial charge on any atom is -0.0712 e. The van der Waals surface area contributed by atoms with Crippen LogP contribution in [-0.2, 0) is 0 Å². The van der Waals surface area contributed by atoms with E-state index in [0.29, 0.717) is 27.2 Å². The van der Waals surface area contributed by atoms with E-state index in [1.165, 1.54) is 0 Å². The molecule has 0 amide bonds. The fourth-order valence-electron chi connectivity index (χ4n) is 2.78. The summed E-state index contributed by atoms with van der Waals surface area (Å²) in [6.45, 7) is 11.4. The fourth-order valence-corrected chi connectivity index (χ4v) is 3.05. The van der Waals surface area contributed by atoms with Crippen LogP contribution in [0.3, 0.4) is 0 Å². The summed E-state index contributed by atoms with van der Waals surface area (Å²) in [5.74, 6) is 1.23. The molecule has 0 aromatic carbocycles. The molecule has 0 saturated heterocycles. The first-order valence-electron chi connectivity index (χ1n) is 4.70. The Bertz CT molecular complexity index is 229. The minimum absolute atomic E-state index is 0.341. The number of allylic oxidation sites excluding steroid dienone is 1. The normalized spacial score (nSPS) is 31.3. The van der Waals surface area contributed by atoms with Crippen molar-refractivity contribution in [2.75, 3.05) is 0 Å². The van der Waals surface area contributed by atoms with Gasteiger partial charge in [0.2, 0.25) is 0 Å². The minimum atomic E-state index is 0.341. The highest BCUT2D eigenvalue weighted by Gasteiger charge is 2.60. The molecule has 1 fully saturated rings. The molecule has 0 unspecified atom stereocenters. The first-order valence-corrected chi connectivity index (χ1v) is 5.46. The summed E-state index contributed by atoms with van der Waals surface area (Å²) in [5, 5.41) is 0. The third-order valence-corrected chi connectivity index (χ3v) is 3.40. The van der Waals surface area contributed by atoms with Crippen LogP contribution in [0.4, 0.5) is 0 Å². The molecule has 0 nitrogen and oxygen atoms in total. The molecule has 1 saturated carbocycles. The molecule has 1 aliphatic rings. The predicted octanol–water partition coefficient (Wildman–Crippen LogP) is 4.62. The van der Waals surface area contributed by atoms with Gasteiger partial charge in [0.15, 0.2) is 0 Å². The Kier molecular flexibility index (Phi) is 2.78. The standard InChI is InChI=1S/C11H18Cl2/c1-10(2,3)9-7(6-8(12)13)11(9,4)5/h6-7,9H,1-5H3/t7-,9+/m0/s1. The Labute approximate surface area is 91.3 Å². The number of rotatable bonds is 1. The highest BCUT2D eigenvalue weighted by Crippen LogP contribution is 2.66. The third-order valence-electron chi connectivity index (χ3n) is 3.15. The van der Waals surface area contributed by atoms with Crippen LogP contribution in [0, 0.1) is 22.7 Å². The lowest BCUT2D eigenvalue weighted by Gasteiger charge is -2.19. The molecule has 76 valence electrons. The van der Waals surface area contributed by atoms with Gasteiger partial charge in [-0.2, -0.15) is 0 Å². The van der Waals surface area contributed by atoms with Crippen LogP contribution in [0.15, 0.2) is 10.6 Å². The largest absolute Gasteiger partial charge is 0.103 e. The Balaban J connectivity index is 2.79. The maximum Gasteiger partial charge on any atom is 0.103 e. The van der Waals surface area contributed by atoms with Gasteiger partial charge >= 0.3 is 0 Å². The molecular formula is C11H18Cl2. The van der Waals surface area contributed by atoms with E-state index in [2.05, 4.69) is 34.6 Å². The maximum atomic E-state index is 5.68. The van der Waals surface area contributed by atoms with Crippen molar-refractivity contribution in [3.05, 3.63) is 10.6 Å². The second-order valence-electron chi connectivity index (χ2n) is 5.65. The number of halogens is 2. The summed E-state index contributed by atoms with van der Waals surface area (Å²) in [7, 11) is 0. The predicted molar refractivity (Wildman–Crippen MR) is 60.0 cm³/mol. The molecule has 13 heavy (non-hydrogen) atoms.